The SMILES string of the molecule is C1=NN(c2ccco2)CC1. The maximum absolute atomic E-state index is 5.13. The van der Waals surface area contributed by atoms with Gasteiger partial charge in [-0.2, -0.15) is 5.10 Å². The van der Waals surface area contributed by atoms with E-state index < -0.39 is 0 Å². The van der Waals surface area contributed by atoms with E-state index in [9.17, 15) is 0 Å². The molecule has 0 radical (unpaired) electrons. The van der Waals surface area contributed by atoms with Crippen molar-refractivity contribution in [1.29, 1.82) is 0 Å². The number of rotatable bonds is 1. The van der Waals surface area contributed by atoms with E-state index in [0.717, 1.165) is 18.8 Å². The molecule has 0 atom stereocenters. The molecule has 0 saturated heterocycles. The first kappa shape index (κ1) is 5.53. The molecule has 0 amide bonds. The van der Waals surface area contributed by atoms with Crippen LogP contribution in [-0.4, -0.2) is 12.8 Å². The Morgan fingerprint density at radius 2 is 2.60 bits per heavy atom. The Balaban J connectivity index is 2.20. The molecular formula is C7H8N2O. The lowest BCUT2D eigenvalue weighted by Gasteiger charge is -2.07. The fraction of sp³-hybridized carbons (Fsp3) is 0.286. The lowest BCUT2D eigenvalue weighted by molar-refractivity contribution is 0.553. The molecule has 1 aromatic heterocycles. The number of hydrogen-bond acceptors (Lipinski definition) is 3. The molecule has 0 aromatic carbocycles. The lowest BCUT2D eigenvalue weighted by Crippen LogP contribution is -2.10. The van der Waals surface area contributed by atoms with Gasteiger partial charge in [0.1, 0.15) is 0 Å². The molecule has 3 nitrogen and oxygen atoms in total. The average molecular weight is 136 g/mol. The molecule has 2 heterocycles. The van der Waals surface area contributed by atoms with Crippen LogP contribution in [0.15, 0.2) is 27.9 Å². The van der Waals surface area contributed by atoms with E-state index in [0.29, 0.717) is 0 Å². The van der Waals surface area contributed by atoms with Crippen molar-refractivity contribution < 1.29 is 4.42 Å². The Morgan fingerprint density at radius 3 is 3.20 bits per heavy atom. The molecule has 0 unspecified atom stereocenters. The molecule has 0 spiro atoms. The summed E-state index contributed by atoms with van der Waals surface area (Å²) >= 11 is 0. The lowest BCUT2D eigenvalue weighted by atomic mass is 10.5. The molecule has 52 valence electrons. The number of hydrogen-bond donors (Lipinski definition) is 0. The van der Waals surface area contributed by atoms with Crippen LogP contribution in [-0.2, 0) is 0 Å². The molecular weight excluding hydrogens is 128 g/mol. The van der Waals surface area contributed by atoms with E-state index in [1.165, 1.54) is 0 Å². The summed E-state index contributed by atoms with van der Waals surface area (Å²) in [5, 5.41) is 5.94. The second kappa shape index (κ2) is 2.17. The second-order valence-corrected chi connectivity index (χ2v) is 2.16. The third-order valence-corrected chi connectivity index (χ3v) is 1.45. The van der Waals surface area contributed by atoms with Crippen molar-refractivity contribution in [2.45, 2.75) is 6.42 Å². The van der Waals surface area contributed by atoms with Crippen LogP contribution in [0.2, 0.25) is 0 Å². The maximum Gasteiger partial charge on any atom is 0.215 e. The molecule has 1 aliphatic rings. The minimum Gasteiger partial charge on any atom is -0.447 e. The van der Waals surface area contributed by atoms with Crippen molar-refractivity contribution in [3.63, 3.8) is 0 Å². The minimum absolute atomic E-state index is 0.828. The van der Waals surface area contributed by atoms with Crippen molar-refractivity contribution in [3.8, 4) is 0 Å². The van der Waals surface area contributed by atoms with Crippen molar-refractivity contribution in [3.05, 3.63) is 18.4 Å². The molecule has 1 aliphatic heterocycles. The van der Waals surface area contributed by atoms with E-state index >= 15 is 0 Å². The zero-order valence-electron chi connectivity index (χ0n) is 5.53. The van der Waals surface area contributed by atoms with Crippen LogP contribution < -0.4 is 5.01 Å². The van der Waals surface area contributed by atoms with Gasteiger partial charge in [0.25, 0.3) is 0 Å². The summed E-state index contributed by atoms with van der Waals surface area (Å²) in [7, 11) is 0. The first-order valence-corrected chi connectivity index (χ1v) is 3.30. The van der Waals surface area contributed by atoms with Gasteiger partial charge in [-0.1, -0.05) is 0 Å². The van der Waals surface area contributed by atoms with Gasteiger partial charge >= 0.3 is 0 Å². The van der Waals surface area contributed by atoms with Crippen molar-refractivity contribution in [2.24, 2.45) is 5.10 Å². The number of nitrogens with zero attached hydrogens (tertiary/aromatic N) is 2. The number of hydrazone groups is 1. The van der Waals surface area contributed by atoms with Crippen molar-refractivity contribution >= 4 is 12.1 Å². The van der Waals surface area contributed by atoms with Gasteiger partial charge in [-0.25, -0.2) is 5.01 Å². The minimum atomic E-state index is 0.828. The van der Waals surface area contributed by atoms with Crippen LogP contribution in [0.25, 0.3) is 0 Å². The zero-order chi connectivity index (χ0) is 6.81. The Labute approximate surface area is 58.9 Å². The summed E-state index contributed by atoms with van der Waals surface area (Å²) in [6, 6.07) is 3.77. The summed E-state index contributed by atoms with van der Waals surface area (Å²) in [5.41, 5.74) is 0. The van der Waals surface area contributed by atoms with Crippen molar-refractivity contribution in [1.82, 2.24) is 0 Å². The summed E-state index contributed by atoms with van der Waals surface area (Å²) in [4.78, 5) is 0. The van der Waals surface area contributed by atoms with Gasteiger partial charge in [-0.05, 0) is 6.07 Å². The molecule has 0 N–H and O–H groups in total. The van der Waals surface area contributed by atoms with E-state index in [-0.39, 0.29) is 0 Å². The summed E-state index contributed by atoms with van der Waals surface area (Å²) in [6.07, 6.45) is 4.56. The average Bonchev–Trinajstić information content (AvgIpc) is 2.59. The monoisotopic (exact) mass is 136 g/mol. The first-order chi connectivity index (χ1) is 4.97. The predicted octanol–water partition coefficient (Wildman–Crippen LogP) is 1.48. The van der Waals surface area contributed by atoms with E-state index in [1.807, 2.05) is 23.4 Å². The normalized spacial score (nSPS) is 16.6. The molecule has 3 heteroatoms. The summed E-state index contributed by atoms with van der Waals surface area (Å²) in [6.45, 7) is 0.938. The summed E-state index contributed by atoms with van der Waals surface area (Å²) < 4.78 is 5.13. The fourth-order valence-corrected chi connectivity index (χ4v) is 0.978. The van der Waals surface area contributed by atoms with Gasteiger partial charge in [0.2, 0.25) is 5.88 Å². The highest BCUT2D eigenvalue weighted by molar-refractivity contribution is 5.63. The van der Waals surface area contributed by atoms with Crippen LogP contribution in [0.3, 0.4) is 0 Å². The molecule has 10 heavy (non-hydrogen) atoms. The Hall–Kier alpha value is -1.25. The van der Waals surface area contributed by atoms with Gasteiger partial charge in [0.15, 0.2) is 0 Å². The Kier molecular flexibility index (Phi) is 1.20. The van der Waals surface area contributed by atoms with Gasteiger partial charge in [-0.3, -0.25) is 0 Å². The fourth-order valence-electron chi connectivity index (χ4n) is 0.978. The largest absolute Gasteiger partial charge is 0.447 e. The predicted molar refractivity (Wildman–Crippen MR) is 39.2 cm³/mol. The quantitative estimate of drug-likeness (QED) is 0.585. The van der Waals surface area contributed by atoms with Crippen LogP contribution in [0, 0.1) is 0 Å². The molecule has 0 saturated carbocycles. The van der Waals surface area contributed by atoms with Gasteiger partial charge < -0.3 is 4.42 Å². The highest BCUT2D eigenvalue weighted by Gasteiger charge is 2.09. The topological polar surface area (TPSA) is 28.7 Å². The second-order valence-electron chi connectivity index (χ2n) is 2.16. The molecule has 0 fully saturated rings. The van der Waals surface area contributed by atoms with E-state index in [4.69, 9.17) is 4.42 Å². The van der Waals surface area contributed by atoms with Crippen LogP contribution in [0.5, 0.6) is 0 Å². The van der Waals surface area contributed by atoms with E-state index in [2.05, 4.69) is 5.10 Å². The smallest absolute Gasteiger partial charge is 0.215 e. The summed E-state index contributed by atoms with van der Waals surface area (Å²) in [5.74, 6) is 0.828. The van der Waals surface area contributed by atoms with E-state index in [1.54, 1.807) is 6.26 Å². The first-order valence-electron chi connectivity index (χ1n) is 3.30. The molecule has 2 rings (SSSR count). The number of anilines is 1. The molecule has 0 bridgehead atoms. The Morgan fingerprint density at radius 1 is 1.60 bits per heavy atom. The van der Waals surface area contributed by atoms with Gasteiger partial charge in [0.05, 0.1) is 6.26 Å². The van der Waals surface area contributed by atoms with Crippen LogP contribution in [0.1, 0.15) is 6.42 Å². The highest BCUT2D eigenvalue weighted by atomic mass is 16.3. The molecule has 1 aromatic rings. The zero-order valence-corrected chi connectivity index (χ0v) is 5.53. The standard InChI is InChI=1S/C7H8N2O/c1-3-7(10-6-1)9-5-2-4-8-9/h1,3-4,6H,2,5H2. The van der Waals surface area contributed by atoms with Crippen molar-refractivity contribution in [2.75, 3.05) is 11.6 Å². The highest BCUT2D eigenvalue weighted by Crippen LogP contribution is 2.16. The van der Waals surface area contributed by atoms with Gasteiger partial charge in [0, 0.05) is 25.2 Å². The third kappa shape index (κ3) is 0.795. The Bertz CT molecular complexity index is 228. The molecule has 0 aliphatic carbocycles. The third-order valence-electron chi connectivity index (χ3n) is 1.45. The van der Waals surface area contributed by atoms with Gasteiger partial charge in [-0.15, -0.1) is 0 Å². The maximum atomic E-state index is 5.13. The number of furan rings is 1. The van der Waals surface area contributed by atoms with Crippen LogP contribution >= 0.6 is 0 Å². The van der Waals surface area contributed by atoms with Crippen LogP contribution in [0.4, 0.5) is 5.88 Å².